The summed E-state index contributed by atoms with van der Waals surface area (Å²) < 4.78 is 72.1. The van der Waals surface area contributed by atoms with Crippen molar-refractivity contribution in [2.75, 3.05) is 20.7 Å². The fourth-order valence-electron chi connectivity index (χ4n) is 2.64. The fraction of sp³-hybridized carbons (Fsp3) is 0.294. The standard InChI is InChI=1S/C17H14F5NO3S/c1-23(8-13(24)25)15(27)11-5-3-4-10-9(11)6-7-12(26-2)14(10)16(18,19)17(20,21)22/h3-7H,8H2,1-2H3,(H,24,25). The largest absolute Gasteiger partial charge is 0.496 e. The normalized spacial score (nSPS) is 12.1. The van der Waals surface area contributed by atoms with Gasteiger partial charge >= 0.3 is 18.1 Å². The number of hydrogen-bond donors (Lipinski definition) is 1. The predicted molar refractivity (Wildman–Crippen MR) is 92.4 cm³/mol. The number of hydrogen-bond acceptors (Lipinski definition) is 3. The molecule has 1 N–H and O–H groups in total. The van der Waals surface area contributed by atoms with Crippen LogP contribution in [-0.4, -0.2) is 47.8 Å². The second-order valence-corrected chi connectivity index (χ2v) is 6.06. The van der Waals surface area contributed by atoms with Crippen LogP contribution in [0, 0.1) is 0 Å². The van der Waals surface area contributed by atoms with Crippen LogP contribution in [0.2, 0.25) is 0 Å². The lowest BCUT2D eigenvalue weighted by Gasteiger charge is -2.25. The third-order valence-corrected chi connectivity index (χ3v) is 4.39. The highest BCUT2D eigenvalue weighted by molar-refractivity contribution is 7.80. The summed E-state index contributed by atoms with van der Waals surface area (Å²) in [5.41, 5.74) is -1.16. The molecule has 0 aromatic heterocycles. The van der Waals surface area contributed by atoms with Gasteiger partial charge in [-0.15, -0.1) is 0 Å². The molecule has 0 bridgehead atoms. The van der Waals surface area contributed by atoms with E-state index in [0.717, 1.165) is 19.2 Å². The summed E-state index contributed by atoms with van der Waals surface area (Å²) in [5, 5.41) is 8.50. The van der Waals surface area contributed by atoms with Crippen molar-refractivity contribution >= 4 is 33.9 Å². The highest BCUT2D eigenvalue weighted by Gasteiger charge is 2.60. The van der Waals surface area contributed by atoms with Crippen molar-refractivity contribution in [1.82, 2.24) is 4.90 Å². The van der Waals surface area contributed by atoms with E-state index in [-0.39, 0.29) is 21.3 Å². The van der Waals surface area contributed by atoms with Gasteiger partial charge in [-0.2, -0.15) is 22.0 Å². The van der Waals surface area contributed by atoms with E-state index in [2.05, 4.69) is 0 Å². The van der Waals surface area contributed by atoms with Crippen LogP contribution in [-0.2, 0) is 10.7 Å². The molecule has 2 aromatic rings. The molecule has 0 saturated heterocycles. The van der Waals surface area contributed by atoms with Crippen LogP contribution in [0.4, 0.5) is 22.0 Å². The highest BCUT2D eigenvalue weighted by Crippen LogP contribution is 2.50. The molecule has 4 nitrogen and oxygen atoms in total. The van der Waals surface area contributed by atoms with Gasteiger partial charge in [-0.3, -0.25) is 4.79 Å². The van der Waals surface area contributed by atoms with Gasteiger partial charge in [-0.05, 0) is 22.9 Å². The monoisotopic (exact) mass is 407 g/mol. The number of benzene rings is 2. The zero-order valence-corrected chi connectivity index (χ0v) is 14.9. The molecule has 27 heavy (non-hydrogen) atoms. The minimum absolute atomic E-state index is 0.00515. The van der Waals surface area contributed by atoms with Crippen LogP contribution in [0.3, 0.4) is 0 Å². The number of carboxylic acid groups (broad SMARTS) is 1. The number of carbonyl (C=O) groups is 1. The molecule has 2 aromatic carbocycles. The molecule has 146 valence electrons. The van der Waals surface area contributed by atoms with Crippen molar-refractivity contribution < 1.29 is 36.6 Å². The Balaban J connectivity index is 2.76. The van der Waals surface area contributed by atoms with E-state index < -0.39 is 35.9 Å². The number of carboxylic acids is 1. The average molecular weight is 407 g/mol. The van der Waals surface area contributed by atoms with E-state index in [0.29, 0.717) is 0 Å². The Kier molecular flexibility index (Phi) is 5.60. The Morgan fingerprint density at radius 1 is 1.15 bits per heavy atom. The zero-order chi connectivity index (χ0) is 20.6. The first-order valence-electron chi connectivity index (χ1n) is 7.43. The summed E-state index contributed by atoms with van der Waals surface area (Å²) in [6, 6.07) is 6.11. The molecule has 10 heteroatoms. The Morgan fingerprint density at radius 2 is 1.78 bits per heavy atom. The summed E-state index contributed by atoms with van der Waals surface area (Å²) in [5.74, 6) is -6.96. The second-order valence-electron chi connectivity index (χ2n) is 5.67. The van der Waals surface area contributed by atoms with Crippen molar-refractivity contribution in [3.63, 3.8) is 0 Å². The van der Waals surface area contributed by atoms with Crippen LogP contribution in [0.5, 0.6) is 5.75 Å². The van der Waals surface area contributed by atoms with Gasteiger partial charge in [0.25, 0.3) is 0 Å². The van der Waals surface area contributed by atoms with Crippen LogP contribution in [0.1, 0.15) is 11.1 Å². The lowest BCUT2D eigenvalue weighted by Crippen LogP contribution is -2.34. The summed E-state index contributed by atoms with van der Waals surface area (Å²) in [6.07, 6.45) is -5.83. The van der Waals surface area contributed by atoms with Crippen molar-refractivity contribution in [1.29, 1.82) is 0 Å². The Bertz CT molecular complexity index is 898. The maximum Gasteiger partial charge on any atom is 0.458 e. The maximum absolute atomic E-state index is 14.2. The number of ether oxygens (including phenoxy) is 1. The third-order valence-electron chi connectivity index (χ3n) is 3.86. The number of likely N-dealkylation sites (N-methyl/N-ethyl adjacent to an activating group) is 1. The quantitative estimate of drug-likeness (QED) is 0.595. The summed E-state index contributed by atoms with van der Waals surface area (Å²) in [4.78, 5) is 12.0. The number of halogens is 5. The molecule has 0 heterocycles. The second kappa shape index (κ2) is 7.26. The molecule has 0 saturated carbocycles. The topological polar surface area (TPSA) is 49.8 Å². The van der Waals surface area contributed by atoms with Gasteiger partial charge in [0.2, 0.25) is 0 Å². The zero-order valence-electron chi connectivity index (χ0n) is 14.1. The first-order valence-corrected chi connectivity index (χ1v) is 7.84. The van der Waals surface area contributed by atoms with Crippen molar-refractivity contribution in [2.24, 2.45) is 0 Å². The number of alkyl halides is 5. The molecule has 0 fully saturated rings. The molecule has 0 aliphatic heterocycles. The minimum atomic E-state index is -5.83. The molecule has 2 rings (SSSR count). The number of aliphatic carboxylic acids is 1. The van der Waals surface area contributed by atoms with Crippen LogP contribution in [0.25, 0.3) is 10.8 Å². The first-order chi connectivity index (χ1) is 12.4. The van der Waals surface area contributed by atoms with Crippen LogP contribution >= 0.6 is 12.2 Å². The SMILES string of the molecule is COc1ccc2c(C(=S)N(C)CC(=O)O)cccc2c1C(F)(F)C(F)(F)F. The van der Waals surface area contributed by atoms with Gasteiger partial charge in [0, 0.05) is 12.6 Å². The fourth-order valence-corrected chi connectivity index (χ4v) is 2.88. The van der Waals surface area contributed by atoms with E-state index in [1.165, 1.54) is 30.1 Å². The molecule has 0 aliphatic carbocycles. The molecule has 0 radical (unpaired) electrons. The van der Waals surface area contributed by atoms with Gasteiger partial charge in [-0.1, -0.05) is 30.4 Å². The first kappa shape index (κ1) is 20.8. The van der Waals surface area contributed by atoms with E-state index in [9.17, 15) is 26.7 Å². The minimum Gasteiger partial charge on any atom is -0.496 e. The highest BCUT2D eigenvalue weighted by atomic mass is 32.1. The van der Waals surface area contributed by atoms with E-state index in [1.807, 2.05) is 0 Å². The lowest BCUT2D eigenvalue weighted by atomic mass is 9.95. The van der Waals surface area contributed by atoms with Gasteiger partial charge in [0.05, 0.1) is 12.7 Å². The van der Waals surface area contributed by atoms with Gasteiger partial charge in [0.15, 0.2) is 0 Å². The summed E-state index contributed by atoms with van der Waals surface area (Å²) in [6.45, 7) is -0.461. The summed E-state index contributed by atoms with van der Waals surface area (Å²) >= 11 is 5.18. The van der Waals surface area contributed by atoms with Crippen LogP contribution in [0.15, 0.2) is 30.3 Å². The van der Waals surface area contributed by atoms with Gasteiger partial charge in [0.1, 0.15) is 17.3 Å². The predicted octanol–water partition coefficient (Wildman–Crippen LogP) is 4.19. The smallest absolute Gasteiger partial charge is 0.458 e. The number of rotatable bonds is 5. The van der Waals surface area contributed by atoms with Gasteiger partial charge in [-0.25, -0.2) is 0 Å². The van der Waals surface area contributed by atoms with E-state index in [4.69, 9.17) is 22.1 Å². The molecule has 0 aliphatic rings. The molecular weight excluding hydrogens is 393 g/mol. The van der Waals surface area contributed by atoms with Crippen molar-refractivity contribution in [3.05, 3.63) is 41.5 Å². The van der Waals surface area contributed by atoms with Gasteiger partial charge < -0.3 is 14.7 Å². The molecular formula is C17H14F5NO3S. The molecule has 0 unspecified atom stereocenters. The molecule has 0 atom stereocenters. The van der Waals surface area contributed by atoms with E-state index >= 15 is 0 Å². The van der Waals surface area contributed by atoms with Crippen molar-refractivity contribution in [2.45, 2.75) is 12.1 Å². The number of thiocarbonyl (C=S) groups is 1. The van der Waals surface area contributed by atoms with E-state index in [1.54, 1.807) is 0 Å². The number of nitrogens with zero attached hydrogens (tertiary/aromatic N) is 1. The molecule has 0 spiro atoms. The average Bonchev–Trinajstić information content (AvgIpc) is 2.57. The molecule has 0 amide bonds. The number of methoxy groups -OCH3 is 1. The van der Waals surface area contributed by atoms with Crippen LogP contribution < -0.4 is 4.74 Å². The Morgan fingerprint density at radius 3 is 2.30 bits per heavy atom. The lowest BCUT2D eigenvalue weighted by molar-refractivity contribution is -0.289. The Labute approximate surface area is 156 Å². The van der Waals surface area contributed by atoms with Crippen molar-refractivity contribution in [3.8, 4) is 5.75 Å². The Hall–Kier alpha value is -2.49. The number of fused-ring (bicyclic) bond motifs is 1. The summed E-state index contributed by atoms with van der Waals surface area (Å²) in [7, 11) is 2.37. The maximum atomic E-state index is 14.2. The third kappa shape index (κ3) is 3.80.